The van der Waals surface area contributed by atoms with Crippen molar-refractivity contribution in [1.29, 1.82) is 0 Å². The number of imide groups is 1. The fourth-order valence-corrected chi connectivity index (χ4v) is 3.97. The molecule has 0 aromatic heterocycles. The SMILES string of the molecule is CCOc1cc(/C=C2\SC(=O)N(Cc3ccc(Cl)cc3Cl)C2=O)ccc1OC. The summed E-state index contributed by atoms with van der Waals surface area (Å²) in [6, 6.07) is 10.3. The maximum Gasteiger partial charge on any atom is 0.293 e. The van der Waals surface area contributed by atoms with E-state index in [1.165, 1.54) is 4.90 Å². The molecule has 146 valence electrons. The van der Waals surface area contributed by atoms with Crippen molar-refractivity contribution >= 4 is 52.2 Å². The molecule has 0 bridgehead atoms. The highest BCUT2D eigenvalue weighted by atomic mass is 35.5. The Hall–Kier alpha value is -2.15. The molecule has 28 heavy (non-hydrogen) atoms. The highest BCUT2D eigenvalue weighted by Crippen LogP contribution is 2.36. The van der Waals surface area contributed by atoms with Crippen molar-refractivity contribution in [3.8, 4) is 11.5 Å². The molecule has 5 nitrogen and oxygen atoms in total. The van der Waals surface area contributed by atoms with Crippen LogP contribution in [0.15, 0.2) is 41.3 Å². The number of nitrogens with zero attached hydrogens (tertiary/aromatic N) is 1. The van der Waals surface area contributed by atoms with Crippen LogP contribution in [0.2, 0.25) is 10.0 Å². The zero-order valence-corrected chi connectivity index (χ0v) is 17.5. The van der Waals surface area contributed by atoms with Crippen molar-refractivity contribution in [3.63, 3.8) is 0 Å². The van der Waals surface area contributed by atoms with Crippen LogP contribution in [0, 0.1) is 0 Å². The van der Waals surface area contributed by atoms with Crippen molar-refractivity contribution in [2.24, 2.45) is 0 Å². The van der Waals surface area contributed by atoms with Crippen LogP contribution in [0.25, 0.3) is 6.08 Å². The Morgan fingerprint density at radius 2 is 1.89 bits per heavy atom. The van der Waals surface area contributed by atoms with E-state index in [0.717, 1.165) is 17.3 Å². The molecule has 2 aromatic rings. The number of thioether (sulfide) groups is 1. The molecule has 1 aliphatic rings. The quantitative estimate of drug-likeness (QED) is 0.547. The van der Waals surface area contributed by atoms with E-state index in [1.807, 2.05) is 6.92 Å². The molecular formula is C20H17Cl2NO4S. The minimum atomic E-state index is -0.366. The topological polar surface area (TPSA) is 55.8 Å². The van der Waals surface area contributed by atoms with Gasteiger partial charge >= 0.3 is 0 Å². The van der Waals surface area contributed by atoms with Gasteiger partial charge < -0.3 is 9.47 Å². The largest absolute Gasteiger partial charge is 0.493 e. The zero-order chi connectivity index (χ0) is 20.3. The number of benzene rings is 2. The number of hydrogen-bond acceptors (Lipinski definition) is 5. The molecule has 0 unspecified atom stereocenters. The van der Waals surface area contributed by atoms with Gasteiger partial charge in [-0.15, -0.1) is 0 Å². The number of halogens is 2. The molecule has 0 saturated carbocycles. The molecule has 0 N–H and O–H groups in total. The van der Waals surface area contributed by atoms with Gasteiger partial charge in [-0.2, -0.15) is 0 Å². The van der Waals surface area contributed by atoms with E-state index in [0.29, 0.717) is 38.6 Å². The van der Waals surface area contributed by atoms with Crippen LogP contribution in [-0.2, 0) is 11.3 Å². The first kappa shape index (κ1) is 20.6. The van der Waals surface area contributed by atoms with Crippen LogP contribution in [0.5, 0.6) is 11.5 Å². The summed E-state index contributed by atoms with van der Waals surface area (Å²) in [7, 11) is 1.56. The van der Waals surface area contributed by atoms with Crippen molar-refractivity contribution < 1.29 is 19.1 Å². The standard InChI is InChI=1S/C20H17Cl2NO4S/c1-3-27-17-8-12(4-7-16(17)26-2)9-18-19(24)23(20(25)28-18)11-13-5-6-14(21)10-15(13)22/h4-10H,3,11H2,1-2H3/b18-9-. The molecule has 0 radical (unpaired) electrons. The lowest BCUT2D eigenvalue weighted by Crippen LogP contribution is -2.27. The molecule has 0 atom stereocenters. The van der Waals surface area contributed by atoms with Crippen LogP contribution in [0.4, 0.5) is 4.79 Å². The van der Waals surface area contributed by atoms with E-state index in [2.05, 4.69) is 0 Å². The monoisotopic (exact) mass is 437 g/mol. The summed E-state index contributed by atoms with van der Waals surface area (Å²) in [4.78, 5) is 26.6. The highest BCUT2D eigenvalue weighted by Gasteiger charge is 2.35. The van der Waals surface area contributed by atoms with Crippen LogP contribution in [0.3, 0.4) is 0 Å². The number of rotatable bonds is 6. The normalized spacial score (nSPS) is 15.4. The summed E-state index contributed by atoms with van der Waals surface area (Å²) in [6.07, 6.45) is 1.66. The summed E-state index contributed by atoms with van der Waals surface area (Å²) in [6.45, 7) is 2.45. The Kier molecular flexibility index (Phi) is 6.54. The van der Waals surface area contributed by atoms with Crippen LogP contribution in [-0.4, -0.2) is 29.8 Å². The average Bonchev–Trinajstić information content (AvgIpc) is 2.91. The minimum absolute atomic E-state index is 0.0881. The molecule has 0 spiro atoms. The second kappa shape index (κ2) is 8.90. The van der Waals surface area contributed by atoms with Gasteiger partial charge in [-0.05, 0) is 60.2 Å². The first-order valence-electron chi connectivity index (χ1n) is 8.43. The van der Waals surface area contributed by atoms with Crippen molar-refractivity contribution in [3.05, 3.63) is 62.5 Å². The second-order valence-electron chi connectivity index (χ2n) is 5.85. The molecule has 8 heteroatoms. The lowest BCUT2D eigenvalue weighted by molar-refractivity contribution is -0.123. The highest BCUT2D eigenvalue weighted by molar-refractivity contribution is 8.18. The Labute approximate surface area is 177 Å². The Morgan fingerprint density at radius 1 is 1.11 bits per heavy atom. The minimum Gasteiger partial charge on any atom is -0.493 e. The molecule has 1 fully saturated rings. The van der Waals surface area contributed by atoms with Gasteiger partial charge in [0.05, 0.1) is 25.2 Å². The van der Waals surface area contributed by atoms with E-state index in [1.54, 1.807) is 49.6 Å². The summed E-state index contributed by atoms with van der Waals surface area (Å²) >= 11 is 13.0. The van der Waals surface area contributed by atoms with E-state index in [4.69, 9.17) is 32.7 Å². The molecular weight excluding hydrogens is 421 g/mol. The predicted octanol–water partition coefficient (Wildman–Crippen LogP) is 5.64. The Bertz CT molecular complexity index is 961. The molecule has 1 saturated heterocycles. The summed E-state index contributed by atoms with van der Waals surface area (Å²) in [5, 5.41) is 0.556. The third-order valence-electron chi connectivity index (χ3n) is 4.00. The van der Waals surface area contributed by atoms with Gasteiger partial charge in [-0.25, -0.2) is 0 Å². The summed E-state index contributed by atoms with van der Waals surface area (Å²) in [5.74, 6) is 0.810. The van der Waals surface area contributed by atoms with Gasteiger partial charge in [0.1, 0.15) is 0 Å². The average molecular weight is 438 g/mol. The fourth-order valence-electron chi connectivity index (χ4n) is 2.66. The van der Waals surface area contributed by atoms with Gasteiger partial charge in [-0.3, -0.25) is 14.5 Å². The molecule has 1 heterocycles. The van der Waals surface area contributed by atoms with Crippen molar-refractivity contribution in [2.45, 2.75) is 13.5 Å². The third kappa shape index (κ3) is 4.46. The maximum absolute atomic E-state index is 12.7. The van der Waals surface area contributed by atoms with Gasteiger partial charge in [0.25, 0.3) is 11.1 Å². The summed E-state index contributed by atoms with van der Waals surface area (Å²) < 4.78 is 10.8. The van der Waals surface area contributed by atoms with E-state index in [-0.39, 0.29) is 17.7 Å². The van der Waals surface area contributed by atoms with Gasteiger partial charge in [0.2, 0.25) is 0 Å². The second-order valence-corrected chi connectivity index (χ2v) is 7.68. The molecule has 2 aromatic carbocycles. The van der Waals surface area contributed by atoms with Crippen LogP contribution in [0.1, 0.15) is 18.1 Å². The first-order valence-corrected chi connectivity index (χ1v) is 10.00. The number of carbonyl (C=O) groups excluding carboxylic acids is 2. The number of carbonyl (C=O) groups is 2. The Balaban J connectivity index is 1.83. The summed E-state index contributed by atoms with van der Waals surface area (Å²) in [5.41, 5.74) is 1.39. The van der Waals surface area contributed by atoms with Crippen molar-refractivity contribution in [2.75, 3.05) is 13.7 Å². The lowest BCUT2D eigenvalue weighted by atomic mass is 10.1. The maximum atomic E-state index is 12.7. The Morgan fingerprint density at radius 3 is 2.57 bits per heavy atom. The first-order chi connectivity index (χ1) is 13.4. The number of ether oxygens (including phenoxy) is 2. The molecule has 1 aliphatic heterocycles. The van der Waals surface area contributed by atoms with E-state index < -0.39 is 0 Å². The number of amides is 2. The van der Waals surface area contributed by atoms with Crippen LogP contribution >= 0.6 is 35.0 Å². The molecule has 2 amide bonds. The smallest absolute Gasteiger partial charge is 0.293 e. The number of hydrogen-bond donors (Lipinski definition) is 0. The zero-order valence-electron chi connectivity index (χ0n) is 15.2. The third-order valence-corrected chi connectivity index (χ3v) is 5.50. The lowest BCUT2D eigenvalue weighted by Gasteiger charge is -2.13. The van der Waals surface area contributed by atoms with E-state index >= 15 is 0 Å². The van der Waals surface area contributed by atoms with Crippen molar-refractivity contribution in [1.82, 2.24) is 4.90 Å². The van der Waals surface area contributed by atoms with Gasteiger partial charge in [0.15, 0.2) is 11.5 Å². The van der Waals surface area contributed by atoms with Crippen LogP contribution < -0.4 is 9.47 Å². The van der Waals surface area contributed by atoms with Gasteiger partial charge in [0, 0.05) is 10.0 Å². The predicted molar refractivity (Wildman–Crippen MR) is 112 cm³/mol. The molecule has 3 rings (SSSR count). The van der Waals surface area contributed by atoms with E-state index in [9.17, 15) is 9.59 Å². The number of methoxy groups -OCH3 is 1. The fraction of sp³-hybridized carbons (Fsp3) is 0.200. The van der Waals surface area contributed by atoms with Gasteiger partial charge in [-0.1, -0.05) is 35.3 Å². The molecule has 0 aliphatic carbocycles.